The highest BCUT2D eigenvalue weighted by molar-refractivity contribution is 6.40. The molecule has 0 aliphatic carbocycles. The van der Waals surface area contributed by atoms with E-state index in [1.165, 1.54) is 12.8 Å². The van der Waals surface area contributed by atoms with Crippen LogP contribution in [0.25, 0.3) is 0 Å². The Bertz CT molecular complexity index is 431. The summed E-state index contributed by atoms with van der Waals surface area (Å²) in [6.07, 6.45) is 4.72. The number of hydrogen-bond donors (Lipinski definition) is 1. The summed E-state index contributed by atoms with van der Waals surface area (Å²) < 4.78 is 5.99. The summed E-state index contributed by atoms with van der Waals surface area (Å²) in [6.45, 7) is 0. The number of ether oxygens (including phenoxy) is 1. The molecule has 0 saturated carbocycles. The first-order valence-corrected chi connectivity index (χ1v) is 7.32. The Kier molecular flexibility index (Phi) is 3.63. The van der Waals surface area contributed by atoms with Crippen LogP contribution in [0, 0.1) is 0 Å². The van der Waals surface area contributed by atoms with Crippen LogP contribution in [0.5, 0.6) is 5.75 Å². The molecule has 98 valence electrons. The van der Waals surface area contributed by atoms with Crippen LogP contribution in [0.15, 0.2) is 12.1 Å². The quantitative estimate of drug-likeness (QED) is 0.879. The fraction of sp³-hybridized carbons (Fsp3) is 0.538. The lowest BCUT2D eigenvalue weighted by Crippen LogP contribution is -2.42. The minimum Gasteiger partial charge on any atom is -0.487 e. The summed E-state index contributed by atoms with van der Waals surface area (Å²) in [5.74, 6) is 0.564. The molecule has 1 aromatic rings. The predicted octanol–water partition coefficient (Wildman–Crippen LogP) is 4.31. The number of nitrogens with one attached hydrogen (secondary N) is 1. The third-order valence-corrected chi connectivity index (χ3v) is 4.46. The van der Waals surface area contributed by atoms with Crippen molar-refractivity contribution in [1.29, 1.82) is 0 Å². The van der Waals surface area contributed by atoms with Crippen molar-refractivity contribution in [3.63, 3.8) is 0 Å². The zero-order valence-electron chi connectivity index (χ0n) is 9.76. The number of halogens is 3. The molecular formula is C13H14Cl3NO. The molecule has 2 heterocycles. The lowest BCUT2D eigenvalue weighted by atomic mass is 10.0. The zero-order valence-corrected chi connectivity index (χ0v) is 12.0. The summed E-state index contributed by atoms with van der Waals surface area (Å²) in [6, 6.07) is 4.50. The van der Waals surface area contributed by atoms with Crippen LogP contribution in [-0.2, 0) is 0 Å². The van der Waals surface area contributed by atoms with Gasteiger partial charge in [-0.1, -0.05) is 34.8 Å². The Morgan fingerprint density at radius 3 is 2.11 bits per heavy atom. The van der Waals surface area contributed by atoms with Gasteiger partial charge in [-0.25, -0.2) is 0 Å². The van der Waals surface area contributed by atoms with Crippen LogP contribution in [0.2, 0.25) is 15.1 Å². The normalized spacial score (nSPS) is 30.5. The van der Waals surface area contributed by atoms with Crippen molar-refractivity contribution in [2.45, 2.75) is 43.9 Å². The summed E-state index contributed by atoms with van der Waals surface area (Å²) in [5, 5.41) is 5.08. The Hall–Kier alpha value is -0.150. The van der Waals surface area contributed by atoms with E-state index in [0.717, 1.165) is 12.8 Å². The lowest BCUT2D eigenvalue weighted by molar-refractivity contribution is 0.137. The standard InChI is InChI=1S/C13H14Cl3NO/c14-7-3-11(15)13(12(16)4-7)18-10-5-8-1-2-9(6-10)17-8/h3-4,8-10,17H,1-2,5-6H2. The van der Waals surface area contributed by atoms with Gasteiger partial charge < -0.3 is 10.1 Å². The topological polar surface area (TPSA) is 21.3 Å². The zero-order chi connectivity index (χ0) is 12.7. The third-order valence-electron chi connectivity index (χ3n) is 3.68. The van der Waals surface area contributed by atoms with Crippen molar-refractivity contribution in [1.82, 2.24) is 5.32 Å². The van der Waals surface area contributed by atoms with E-state index in [1.807, 2.05) is 0 Å². The van der Waals surface area contributed by atoms with Gasteiger partial charge in [0.1, 0.15) is 6.10 Å². The smallest absolute Gasteiger partial charge is 0.156 e. The fourth-order valence-electron chi connectivity index (χ4n) is 2.91. The van der Waals surface area contributed by atoms with E-state index in [9.17, 15) is 0 Å². The van der Waals surface area contributed by atoms with E-state index in [0.29, 0.717) is 32.9 Å². The Balaban J connectivity index is 1.77. The number of rotatable bonds is 2. The minimum absolute atomic E-state index is 0.194. The van der Waals surface area contributed by atoms with Crippen LogP contribution >= 0.6 is 34.8 Å². The van der Waals surface area contributed by atoms with Crippen LogP contribution in [0.1, 0.15) is 25.7 Å². The van der Waals surface area contributed by atoms with Gasteiger partial charge >= 0.3 is 0 Å². The summed E-state index contributed by atoms with van der Waals surface area (Å²) in [7, 11) is 0. The van der Waals surface area contributed by atoms with Gasteiger partial charge in [0.05, 0.1) is 10.0 Å². The molecule has 18 heavy (non-hydrogen) atoms. The number of hydrogen-bond acceptors (Lipinski definition) is 2. The van der Waals surface area contributed by atoms with E-state index in [-0.39, 0.29) is 6.10 Å². The molecule has 2 bridgehead atoms. The first-order chi connectivity index (χ1) is 8.61. The number of piperidine rings is 1. The van der Waals surface area contributed by atoms with Gasteiger partial charge in [0, 0.05) is 17.1 Å². The first-order valence-electron chi connectivity index (χ1n) is 6.19. The molecule has 2 unspecified atom stereocenters. The molecule has 2 saturated heterocycles. The number of benzene rings is 1. The highest BCUT2D eigenvalue weighted by atomic mass is 35.5. The summed E-state index contributed by atoms with van der Waals surface area (Å²) in [4.78, 5) is 0. The Morgan fingerprint density at radius 2 is 1.56 bits per heavy atom. The highest BCUT2D eigenvalue weighted by Gasteiger charge is 2.34. The monoisotopic (exact) mass is 305 g/mol. The molecule has 0 radical (unpaired) electrons. The van der Waals surface area contributed by atoms with Gasteiger partial charge in [0.2, 0.25) is 0 Å². The van der Waals surface area contributed by atoms with Crippen LogP contribution in [0.4, 0.5) is 0 Å². The van der Waals surface area contributed by atoms with Gasteiger partial charge in [0.25, 0.3) is 0 Å². The van der Waals surface area contributed by atoms with Gasteiger partial charge in [-0.3, -0.25) is 0 Å². The van der Waals surface area contributed by atoms with E-state index in [2.05, 4.69) is 5.32 Å². The molecule has 0 spiro atoms. The highest BCUT2D eigenvalue weighted by Crippen LogP contribution is 2.38. The van der Waals surface area contributed by atoms with E-state index in [1.54, 1.807) is 12.1 Å². The summed E-state index contributed by atoms with van der Waals surface area (Å²) >= 11 is 18.2. The molecule has 0 amide bonds. The lowest BCUT2D eigenvalue weighted by Gasteiger charge is -2.30. The maximum Gasteiger partial charge on any atom is 0.156 e. The molecule has 1 N–H and O–H groups in total. The maximum absolute atomic E-state index is 6.13. The second-order valence-electron chi connectivity index (χ2n) is 5.05. The molecule has 2 fully saturated rings. The predicted molar refractivity (Wildman–Crippen MR) is 75.1 cm³/mol. The molecule has 2 atom stereocenters. The Morgan fingerprint density at radius 1 is 1.00 bits per heavy atom. The summed E-state index contributed by atoms with van der Waals surface area (Å²) in [5.41, 5.74) is 0. The second-order valence-corrected chi connectivity index (χ2v) is 6.30. The van der Waals surface area contributed by atoms with Crippen LogP contribution in [0.3, 0.4) is 0 Å². The third kappa shape index (κ3) is 2.57. The molecule has 2 nitrogen and oxygen atoms in total. The van der Waals surface area contributed by atoms with Crippen molar-refractivity contribution in [2.75, 3.05) is 0 Å². The molecule has 1 aromatic carbocycles. The van der Waals surface area contributed by atoms with Crippen LogP contribution in [-0.4, -0.2) is 18.2 Å². The van der Waals surface area contributed by atoms with Crippen molar-refractivity contribution in [2.24, 2.45) is 0 Å². The van der Waals surface area contributed by atoms with Gasteiger partial charge in [-0.15, -0.1) is 0 Å². The van der Waals surface area contributed by atoms with E-state index >= 15 is 0 Å². The van der Waals surface area contributed by atoms with E-state index in [4.69, 9.17) is 39.5 Å². The molecule has 5 heteroatoms. The SMILES string of the molecule is Clc1cc(Cl)c(OC2CC3CCC(C2)N3)c(Cl)c1. The largest absolute Gasteiger partial charge is 0.487 e. The molecule has 2 aliphatic heterocycles. The average Bonchev–Trinajstić information content (AvgIpc) is 2.63. The van der Waals surface area contributed by atoms with Gasteiger partial charge in [0.15, 0.2) is 5.75 Å². The van der Waals surface area contributed by atoms with Crippen molar-refractivity contribution < 1.29 is 4.74 Å². The van der Waals surface area contributed by atoms with Crippen LogP contribution < -0.4 is 10.1 Å². The first kappa shape index (κ1) is 12.9. The minimum atomic E-state index is 0.194. The second kappa shape index (κ2) is 5.09. The van der Waals surface area contributed by atoms with Crippen molar-refractivity contribution in [3.8, 4) is 5.75 Å². The number of fused-ring (bicyclic) bond motifs is 2. The van der Waals surface area contributed by atoms with Gasteiger partial charge in [-0.05, 0) is 37.8 Å². The van der Waals surface area contributed by atoms with Gasteiger partial charge in [-0.2, -0.15) is 0 Å². The Labute approximate surface area is 122 Å². The molecule has 2 aliphatic rings. The van der Waals surface area contributed by atoms with Crippen molar-refractivity contribution >= 4 is 34.8 Å². The van der Waals surface area contributed by atoms with Crippen molar-refractivity contribution in [3.05, 3.63) is 27.2 Å². The fourth-order valence-corrected chi connectivity index (χ4v) is 3.82. The maximum atomic E-state index is 6.13. The molecule has 0 aromatic heterocycles. The van der Waals surface area contributed by atoms with E-state index < -0.39 is 0 Å². The average molecular weight is 307 g/mol. The molecular weight excluding hydrogens is 293 g/mol. The molecule has 3 rings (SSSR count).